The molecule has 1 unspecified atom stereocenters. The quantitative estimate of drug-likeness (QED) is 0.672. The van der Waals surface area contributed by atoms with Gasteiger partial charge in [-0.15, -0.1) is 0 Å². The average Bonchev–Trinajstić information content (AvgIpc) is 2.66. The molecule has 0 radical (unpaired) electrons. The Bertz CT molecular complexity index is 513. The summed E-state index contributed by atoms with van der Waals surface area (Å²) in [6, 6.07) is -1.50. The van der Waals surface area contributed by atoms with Crippen LogP contribution in [-0.2, 0) is 23.1 Å². The van der Waals surface area contributed by atoms with Crippen LogP contribution in [0.3, 0.4) is 0 Å². The number of carbonyl (C=O) groups excluding carboxylic acids is 1. The number of hydrogen-bond acceptors (Lipinski definition) is 4. The summed E-state index contributed by atoms with van der Waals surface area (Å²) in [5.74, 6) is -1.09. The number of hydrogen-bond donors (Lipinski definition) is 3. The Balaban J connectivity index is 2.54. The molecule has 0 bridgehead atoms. The number of nitrogens with one attached hydrogen (secondary N) is 2. The van der Waals surface area contributed by atoms with Gasteiger partial charge in [0.25, 0.3) is 0 Å². The van der Waals surface area contributed by atoms with Crippen LogP contribution in [0.1, 0.15) is 23.4 Å². The summed E-state index contributed by atoms with van der Waals surface area (Å²) in [4.78, 5) is 22.8. The zero-order chi connectivity index (χ0) is 16.0. The standard InChI is InChI=1S/C13H22N4O4/c1-8-10(9(2)17(3)16-8)7-14-13(20)15-11(12(18)19)5-6-21-4/h11H,5-7H2,1-4H3,(H,18,19)(H2,14,15,20). The molecule has 21 heavy (non-hydrogen) atoms. The number of rotatable bonds is 7. The number of amides is 2. The van der Waals surface area contributed by atoms with E-state index in [0.29, 0.717) is 6.54 Å². The van der Waals surface area contributed by atoms with Crippen molar-refractivity contribution in [3.8, 4) is 0 Å². The van der Waals surface area contributed by atoms with Gasteiger partial charge in [-0.2, -0.15) is 5.10 Å². The van der Waals surface area contributed by atoms with Crippen molar-refractivity contribution in [1.82, 2.24) is 20.4 Å². The Morgan fingerprint density at radius 3 is 2.57 bits per heavy atom. The molecule has 1 atom stereocenters. The maximum atomic E-state index is 11.8. The van der Waals surface area contributed by atoms with Crippen LogP contribution < -0.4 is 10.6 Å². The SMILES string of the molecule is COCCC(NC(=O)NCc1c(C)nn(C)c1C)C(=O)O. The van der Waals surface area contributed by atoms with Crippen molar-refractivity contribution in [2.75, 3.05) is 13.7 Å². The van der Waals surface area contributed by atoms with Crippen LogP contribution in [0.4, 0.5) is 4.79 Å². The minimum absolute atomic E-state index is 0.213. The molecular weight excluding hydrogens is 276 g/mol. The molecule has 0 aliphatic rings. The zero-order valence-electron chi connectivity index (χ0n) is 12.8. The van der Waals surface area contributed by atoms with Crippen molar-refractivity contribution in [1.29, 1.82) is 0 Å². The first-order valence-electron chi connectivity index (χ1n) is 6.62. The molecule has 3 N–H and O–H groups in total. The number of carboxylic acid groups (broad SMARTS) is 1. The molecule has 0 aromatic carbocycles. The summed E-state index contributed by atoms with van der Waals surface area (Å²) >= 11 is 0. The van der Waals surface area contributed by atoms with Crippen molar-refractivity contribution < 1.29 is 19.4 Å². The van der Waals surface area contributed by atoms with E-state index in [1.165, 1.54) is 7.11 Å². The Morgan fingerprint density at radius 1 is 1.43 bits per heavy atom. The first-order chi connectivity index (χ1) is 9.86. The number of aromatic nitrogens is 2. The lowest BCUT2D eigenvalue weighted by atomic mass is 10.2. The van der Waals surface area contributed by atoms with E-state index in [0.717, 1.165) is 17.0 Å². The molecule has 0 fully saturated rings. The largest absolute Gasteiger partial charge is 0.480 e. The zero-order valence-corrected chi connectivity index (χ0v) is 12.8. The molecule has 8 heteroatoms. The second-order valence-corrected chi connectivity index (χ2v) is 4.77. The monoisotopic (exact) mass is 298 g/mol. The molecule has 2 amide bonds. The Morgan fingerprint density at radius 2 is 2.10 bits per heavy atom. The van der Waals surface area contributed by atoms with Gasteiger partial charge in [-0.05, 0) is 13.8 Å². The molecule has 1 aromatic heterocycles. The third-order valence-electron chi connectivity index (χ3n) is 3.30. The predicted octanol–water partition coefficient (Wildman–Crippen LogP) is 0.326. The third-order valence-corrected chi connectivity index (χ3v) is 3.30. The molecule has 0 spiro atoms. The lowest BCUT2D eigenvalue weighted by Gasteiger charge is -2.14. The lowest BCUT2D eigenvalue weighted by molar-refractivity contribution is -0.139. The van der Waals surface area contributed by atoms with Crippen LogP contribution in [0.25, 0.3) is 0 Å². The van der Waals surface area contributed by atoms with E-state index < -0.39 is 18.0 Å². The molecule has 0 saturated heterocycles. The summed E-state index contributed by atoms with van der Waals surface area (Å²) in [5.41, 5.74) is 2.72. The van der Waals surface area contributed by atoms with Gasteiger partial charge in [0.2, 0.25) is 0 Å². The Hall–Kier alpha value is -2.09. The highest BCUT2D eigenvalue weighted by atomic mass is 16.5. The fraction of sp³-hybridized carbons (Fsp3) is 0.615. The van der Waals surface area contributed by atoms with Gasteiger partial charge in [-0.25, -0.2) is 9.59 Å². The van der Waals surface area contributed by atoms with E-state index >= 15 is 0 Å². The number of aliphatic carboxylic acids is 1. The van der Waals surface area contributed by atoms with Gasteiger partial charge in [0.15, 0.2) is 0 Å². The van der Waals surface area contributed by atoms with E-state index in [1.807, 2.05) is 20.9 Å². The van der Waals surface area contributed by atoms with Crippen molar-refractivity contribution in [2.24, 2.45) is 7.05 Å². The van der Waals surface area contributed by atoms with Crippen molar-refractivity contribution in [3.05, 3.63) is 17.0 Å². The molecule has 1 heterocycles. The third kappa shape index (κ3) is 4.75. The maximum Gasteiger partial charge on any atom is 0.326 e. The fourth-order valence-electron chi connectivity index (χ4n) is 1.94. The predicted molar refractivity (Wildman–Crippen MR) is 76.0 cm³/mol. The molecule has 118 valence electrons. The van der Waals surface area contributed by atoms with Gasteiger partial charge in [0.1, 0.15) is 6.04 Å². The number of methoxy groups -OCH3 is 1. The lowest BCUT2D eigenvalue weighted by Crippen LogP contribution is -2.46. The first-order valence-corrected chi connectivity index (χ1v) is 6.62. The summed E-state index contributed by atoms with van der Waals surface area (Å²) in [7, 11) is 3.31. The van der Waals surface area contributed by atoms with Crippen LogP contribution in [0, 0.1) is 13.8 Å². The van der Waals surface area contributed by atoms with Crippen LogP contribution in [0.2, 0.25) is 0 Å². The minimum Gasteiger partial charge on any atom is -0.480 e. The van der Waals surface area contributed by atoms with Gasteiger partial charge in [-0.1, -0.05) is 0 Å². The van der Waals surface area contributed by atoms with Gasteiger partial charge < -0.3 is 20.5 Å². The van der Waals surface area contributed by atoms with Gasteiger partial charge in [0.05, 0.1) is 5.69 Å². The minimum atomic E-state index is -1.09. The number of aryl methyl sites for hydroxylation is 2. The number of carbonyl (C=O) groups is 2. The van der Waals surface area contributed by atoms with Crippen molar-refractivity contribution in [2.45, 2.75) is 32.9 Å². The van der Waals surface area contributed by atoms with Gasteiger partial charge >= 0.3 is 12.0 Å². The molecule has 1 rings (SSSR count). The molecule has 0 saturated carbocycles. The van der Waals surface area contributed by atoms with E-state index in [2.05, 4.69) is 15.7 Å². The summed E-state index contributed by atoms with van der Waals surface area (Å²) in [6.07, 6.45) is 0.213. The molecule has 1 aromatic rings. The van der Waals surface area contributed by atoms with Crippen molar-refractivity contribution in [3.63, 3.8) is 0 Å². The maximum absolute atomic E-state index is 11.8. The summed E-state index contributed by atoms with van der Waals surface area (Å²) in [5, 5.41) is 18.3. The molecule has 8 nitrogen and oxygen atoms in total. The molecule has 0 aliphatic carbocycles. The van der Waals surface area contributed by atoms with E-state index in [9.17, 15) is 9.59 Å². The topological polar surface area (TPSA) is 105 Å². The van der Waals surface area contributed by atoms with Crippen LogP contribution in [0.5, 0.6) is 0 Å². The number of urea groups is 1. The second-order valence-electron chi connectivity index (χ2n) is 4.77. The van der Waals surface area contributed by atoms with Crippen molar-refractivity contribution >= 4 is 12.0 Å². The number of ether oxygens (including phenoxy) is 1. The summed E-state index contributed by atoms with van der Waals surface area (Å²) < 4.78 is 6.56. The van der Waals surface area contributed by atoms with Crippen LogP contribution in [-0.4, -0.2) is 46.6 Å². The van der Waals surface area contributed by atoms with Crippen LogP contribution >= 0.6 is 0 Å². The van der Waals surface area contributed by atoms with Crippen LogP contribution in [0.15, 0.2) is 0 Å². The first kappa shape index (κ1) is 17.0. The van der Waals surface area contributed by atoms with Gasteiger partial charge in [0, 0.05) is 45.0 Å². The normalized spacial score (nSPS) is 12.0. The van der Waals surface area contributed by atoms with E-state index in [-0.39, 0.29) is 13.0 Å². The average molecular weight is 298 g/mol. The fourth-order valence-corrected chi connectivity index (χ4v) is 1.94. The summed E-state index contributed by atoms with van der Waals surface area (Å²) in [6.45, 7) is 4.33. The molecular formula is C13H22N4O4. The van der Waals surface area contributed by atoms with E-state index in [4.69, 9.17) is 9.84 Å². The molecule has 0 aliphatic heterocycles. The van der Waals surface area contributed by atoms with E-state index in [1.54, 1.807) is 4.68 Å². The highest BCUT2D eigenvalue weighted by molar-refractivity contribution is 5.82. The second kappa shape index (κ2) is 7.63. The Kier molecular flexibility index (Phi) is 6.16. The highest BCUT2D eigenvalue weighted by Crippen LogP contribution is 2.11. The Labute approximate surface area is 123 Å². The number of nitrogens with zero attached hydrogens (tertiary/aromatic N) is 2. The smallest absolute Gasteiger partial charge is 0.326 e. The highest BCUT2D eigenvalue weighted by Gasteiger charge is 2.19. The van der Waals surface area contributed by atoms with Gasteiger partial charge in [-0.3, -0.25) is 4.68 Å². The number of carboxylic acids is 1.